The van der Waals surface area contributed by atoms with Crippen LogP contribution in [0.5, 0.6) is 0 Å². The molecule has 0 aromatic carbocycles. The van der Waals surface area contributed by atoms with Gasteiger partial charge < -0.3 is 0 Å². The molecule has 0 saturated heterocycles. The SMILES string of the molecule is O=[P+](O)O.c1cnnnc1. The summed E-state index contributed by atoms with van der Waals surface area (Å²) in [7, 11) is -2.87. The van der Waals surface area contributed by atoms with E-state index in [1.165, 1.54) is 0 Å². The average Bonchev–Trinajstić information content (AvgIpc) is 1.90. The van der Waals surface area contributed by atoms with Crippen LogP contribution in [0.3, 0.4) is 0 Å². The molecular weight excluding hydrogens is 157 g/mol. The molecule has 0 amide bonds. The van der Waals surface area contributed by atoms with Crippen LogP contribution in [0, 0.1) is 0 Å². The molecule has 7 heteroatoms. The van der Waals surface area contributed by atoms with Crippen molar-refractivity contribution in [3.8, 4) is 0 Å². The Balaban J connectivity index is 0.000000180. The maximum absolute atomic E-state index is 8.70. The summed E-state index contributed by atoms with van der Waals surface area (Å²) >= 11 is 0. The van der Waals surface area contributed by atoms with Crippen molar-refractivity contribution < 1.29 is 14.4 Å². The molecule has 0 aliphatic heterocycles. The minimum absolute atomic E-state index is 1.58. The Kier molecular flexibility index (Phi) is 5.56. The van der Waals surface area contributed by atoms with E-state index < -0.39 is 8.25 Å². The van der Waals surface area contributed by atoms with Crippen LogP contribution in [-0.2, 0) is 4.57 Å². The molecule has 54 valence electrons. The fraction of sp³-hybridized carbons (Fsp3) is 0. The first-order chi connectivity index (χ1) is 4.73. The topological polar surface area (TPSA) is 96.2 Å². The highest BCUT2D eigenvalue weighted by molar-refractivity contribution is 7.30. The Morgan fingerprint density at radius 2 is 1.60 bits per heavy atom. The predicted molar refractivity (Wildman–Crippen MR) is 31.9 cm³/mol. The Hall–Kier alpha value is -0.970. The van der Waals surface area contributed by atoms with Crippen molar-refractivity contribution in [2.24, 2.45) is 0 Å². The molecule has 1 aromatic heterocycles. The van der Waals surface area contributed by atoms with E-state index in [1.807, 2.05) is 0 Å². The second kappa shape index (κ2) is 6.15. The zero-order chi connectivity index (χ0) is 7.82. The summed E-state index contributed by atoms with van der Waals surface area (Å²) in [6, 6.07) is 1.72. The van der Waals surface area contributed by atoms with Gasteiger partial charge in [-0.3, -0.25) is 0 Å². The van der Waals surface area contributed by atoms with E-state index in [-0.39, 0.29) is 0 Å². The van der Waals surface area contributed by atoms with Crippen LogP contribution in [0.4, 0.5) is 0 Å². The first-order valence-corrected chi connectivity index (χ1v) is 3.33. The van der Waals surface area contributed by atoms with E-state index in [0.29, 0.717) is 0 Å². The summed E-state index contributed by atoms with van der Waals surface area (Å²) in [5, 5.41) is 10.1. The second-order valence-corrected chi connectivity index (χ2v) is 1.57. The van der Waals surface area contributed by atoms with Crippen molar-refractivity contribution in [1.29, 1.82) is 0 Å². The van der Waals surface area contributed by atoms with Gasteiger partial charge in [-0.15, -0.1) is 20.0 Å². The van der Waals surface area contributed by atoms with E-state index in [9.17, 15) is 0 Å². The molecule has 0 unspecified atom stereocenters. The van der Waals surface area contributed by atoms with Crippen molar-refractivity contribution in [3.63, 3.8) is 0 Å². The van der Waals surface area contributed by atoms with E-state index >= 15 is 0 Å². The number of nitrogens with zero attached hydrogens (tertiary/aromatic N) is 3. The van der Waals surface area contributed by atoms with E-state index in [4.69, 9.17) is 14.4 Å². The summed E-state index contributed by atoms with van der Waals surface area (Å²) in [4.78, 5) is 14.2. The Morgan fingerprint density at radius 3 is 1.70 bits per heavy atom. The zero-order valence-corrected chi connectivity index (χ0v) is 5.72. The van der Waals surface area contributed by atoms with Crippen molar-refractivity contribution >= 4 is 8.25 Å². The fourth-order valence-corrected chi connectivity index (χ4v) is 0.205. The van der Waals surface area contributed by atoms with Crippen LogP contribution in [0.1, 0.15) is 0 Å². The predicted octanol–water partition coefficient (Wildman–Crippen LogP) is -0.500. The number of aromatic nitrogens is 3. The van der Waals surface area contributed by atoms with E-state index in [1.54, 1.807) is 18.5 Å². The Bertz CT molecular complexity index is 151. The number of rotatable bonds is 0. The molecular formula is C3H5N3O3P+. The lowest BCUT2D eigenvalue weighted by molar-refractivity contribution is 0.405. The third kappa shape index (κ3) is 10.1. The fourth-order valence-electron chi connectivity index (χ4n) is 0.205. The molecule has 0 saturated carbocycles. The lowest BCUT2D eigenvalue weighted by Gasteiger charge is -1.68. The molecule has 0 aliphatic carbocycles. The van der Waals surface area contributed by atoms with Crippen LogP contribution in [-0.4, -0.2) is 25.2 Å². The molecule has 0 fully saturated rings. The molecule has 6 nitrogen and oxygen atoms in total. The monoisotopic (exact) mass is 162 g/mol. The lowest BCUT2D eigenvalue weighted by atomic mass is 10.7. The van der Waals surface area contributed by atoms with Crippen LogP contribution < -0.4 is 0 Å². The number of hydrogen-bond donors (Lipinski definition) is 2. The molecule has 1 aromatic rings. The molecule has 0 radical (unpaired) electrons. The average molecular weight is 162 g/mol. The largest absolute Gasteiger partial charge is 0.692 e. The van der Waals surface area contributed by atoms with Crippen molar-refractivity contribution in [1.82, 2.24) is 15.4 Å². The minimum atomic E-state index is -2.87. The van der Waals surface area contributed by atoms with Crippen molar-refractivity contribution in [3.05, 3.63) is 18.5 Å². The van der Waals surface area contributed by atoms with Gasteiger partial charge in [0.05, 0.1) is 12.4 Å². The lowest BCUT2D eigenvalue weighted by Crippen LogP contribution is -1.78. The molecule has 0 bridgehead atoms. The summed E-state index contributed by atoms with van der Waals surface area (Å²) in [5.41, 5.74) is 0. The normalized spacial score (nSPS) is 7.40. The highest BCUT2D eigenvalue weighted by atomic mass is 31.1. The van der Waals surface area contributed by atoms with Gasteiger partial charge in [0.1, 0.15) is 0 Å². The Labute approximate surface area is 57.5 Å². The number of hydrogen-bond acceptors (Lipinski definition) is 4. The van der Waals surface area contributed by atoms with Gasteiger partial charge in [0.25, 0.3) is 0 Å². The molecule has 2 N–H and O–H groups in total. The first kappa shape index (κ1) is 9.03. The van der Waals surface area contributed by atoms with Gasteiger partial charge in [0.2, 0.25) is 0 Å². The van der Waals surface area contributed by atoms with Crippen LogP contribution >= 0.6 is 8.25 Å². The molecule has 1 heterocycles. The summed E-state index contributed by atoms with van der Waals surface area (Å²) < 4.78 is 8.70. The highest BCUT2D eigenvalue weighted by Crippen LogP contribution is 1.98. The standard InChI is InChI=1S/C3H3N3.HO3P/c1-2-4-6-5-3-1;1-4(2)3/h1-3H;(H-,1,2,3)/p+1. The van der Waals surface area contributed by atoms with E-state index in [2.05, 4.69) is 15.4 Å². The first-order valence-electron chi connectivity index (χ1n) is 2.17. The molecule has 0 spiro atoms. The third-order valence-electron chi connectivity index (χ3n) is 0.409. The second-order valence-electron chi connectivity index (χ2n) is 1.06. The van der Waals surface area contributed by atoms with Crippen molar-refractivity contribution in [2.45, 2.75) is 0 Å². The summed E-state index contributed by atoms with van der Waals surface area (Å²) in [5.74, 6) is 0. The van der Waals surface area contributed by atoms with Gasteiger partial charge in [-0.2, -0.15) is 0 Å². The quantitative estimate of drug-likeness (QED) is 0.499. The molecule has 0 atom stereocenters. The van der Waals surface area contributed by atoms with Gasteiger partial charge in [-0.05, 0) is 11.3 Å². The van der Waals surface area contributed by atoms with E-state index in [0.717, 1.165) is 0 Å². The van der Waals surface area contributed by atoms with Gasteiger partial charge in [-0.1, -0.05) is 0 Å². The summed E-state index contributed by atoms with van der Waals surface area (Å²) in [6.45, 7) is 0. The highest BCUT2D eigenvalue weighted by Gasteiger charge is 1.93. The van der Waals surface area contributed by atoms with Gasteiger partial charge in [0, 0.05) is 4.57 Å². The third-order valence-corrected chi connectivity index (χ3v) is 0.409. The zero-order valence-electron chi connectivity index (χ0n) is 4.82. The maximum atomic E-state index is 8.70. The van der Waals surface area contributed by atoms with Gasteiger partial charge in [-0.25, -0.2) is 0 Å². The smallest absolute Gasteiger partial charge is 0.139 e. The van der Waals surface area contributed by atoms with Crippen molar-refractivity contribution in [2.75, 3.05) is 0 Å². The maximum Gasteiger partial charge on any atom is 0.692 e. The minimum Gasteiger partial charge on any atom is -0.139 e. The summed E-state index contributed by atoms with van der Waals surface area (Å²) in [6.07, 6.45) is 3.15. The van der Waals surface area contributed by atoms with Crippen LogP contribution in [0.25, 0.3) is 0 Å². The molecule has 10 heavy (non-hydrogen) atoms. The van der Waals surface area contributed by atoms with Crippen LogP contribution in [0.2, 0.25) is 0 Å². The van der Waals surface area contributed by atoms with Crippen LogP contribution in [0.15, 0.2) is 18.5 Å². The van der Waals surface area contributed by atoms with Gasteiger partial charge >= 0.3 is 8.25 Å². The molecule has 1 rings (SSSR count). The molecule has 0 aliphatic rings. The van der Waals surface area contributed by atoms with Gasteiger partial charge in [0.15, 0.2) is 0 Å². The Morgan fingerprint density at radius 1 is 1.20 bits per heavy atom.